The topological polar surface area (TPSA) is 34.9 Å². The van der Waals surface area contributed by atoms with Crippen molar-refractivity contribution in [3.63, 3.8) is 0 Å². The zero-order valence-corrected chi connectivity index (χ0v) is 10.7. The summed E-state index contributed by atoms with van der Waals surface area (Å²) in [5.74, 6) is -1.04. The van der Waals surface area contributed by atoms with Gasteiger partial charge in [-0.3, -0.25) is 9.36 Å². The van der Waals surface area contributed by atoms with E-state index in [1.165, 1.54) is 47.3 Å². The summed E-state index contributed by atoms with van der Waals surface area (Å²) in [5.41, 5.74) is 0.275. The molecule has 3 nitrogen and oxygen atoms in total. The van der Waals surface area contributed by atoms with Crippen LogP contribution in [0.25, 0.3) is 16.6 Å². The van der Waals surface area contributed by atoms with Gasteiger partial charge >= 0.3 is 0 Å². The number of nitrogens with zero attached hydrogens (tertiary/aromatic N) is 2. The number of hydrogen-bond acceptors (Lipinski definition) is 2. The molecule has 20 heavy (non-hydrogen) atoms. The van der Waals surface area contributed by atoms with Crippen molar-refractivity contribution in [2.24, 2.45) is 0 Å². The van der Waals surface area contributed by atoms with Gasteiger partial charge in [-0.1, -0.05) is 11.6 Å². The number of aromatic nitrogens is 2. The molecule has 1 aromatic heterocycles. The van der Waals surface area contributed by atoms with Crippen LogP contribution in [0.4, 0.5) is 8.78 Å². The third-order valence-corrected chi connectivity index (χ3v) is 3.19. The second-order valence-electron chi connectivity index (χ2n) is 4.18. The summed E-state index contributed by atoms with van der Waals surface area (Å²) < 4.78 is 27.4. The van der Waals surface area contributed by atoms with Crippen molar-refractivity contribution in [1.29, 1.82) is 0 Å². The van der Waals surface area contributed by atoms with Crippen LogP contribution in [-0.4, -0.2) is 9.55 Å². The van der Waals surface area contributed by atoms with Gasteiger partial charge in [-0.25, -0.2) is 13.8 Å². The van der Waals surface area contributed by atoms with E-state index in [-0.39, 0.29) is 21.5 Å². The molecule has 100 valence electrons. The van der Waals surface area contributed by atoms with E-state index in [1.807, 2.05) is 0 Å². The van der Waals surface area contributed by atoms with Crippen molar-refractivity contribution in [2.45, 2.75) is 0 Å². The highest BCUT2D eigenvalue weighted by Gasteiger charge is 2.08. The molecular weight excluding hydrogens is 286 g/mol. The molecule has 0 aliphatic rings. The lowest BCUT2D eigenvalue weighted by molar-refractivity contribution is 0.627. The summed E-state index contributed by atoms with van der Waals surface area (Å²) in [7, 11) is 0. The van der Waals surface area contributed by atoms with Crippen molar-refractivity contribution >= 4 is 22.5 Å². The second kappa shape index (κ2) is 4.68. The Morgan fingerprint density at radius 2 is 1.90 bits per heavy atom. The fraction of sp³-hybridized carbons (Fsp3) is 0. The van der Waals surface area contributed by atoms with Crippen LogP contribution in [0.3, 0.4) is 0 Å². The number of rotatable bonds is 1. The lowest BCUT2D eigenvalue weighted by Gasteiger charge is -2.07. The highest BCUT2D eigenvalue weighted by Crippen LogP contribution is 2.18. The molecular formula is C14H7ClF2N2O. The molecule has 6 heteroatoms. The zero-order valence-electron chi connectivity index (χ0n) is 9.98. The van der Waals surface area contributed by atoms with Crippen LogP contribution in [0.2, 0.25) is 5.02 Å². The molecule has 0 aliphatic heterocycles. The van der Waals surface area contributed by atoms with Gasteiger partial charge in [0.25, 0.3) is 5.56 Å². The van der Waals surface area contributed by atoms with Crippen molar-refractivity contribution in [3.05, 3.63) is 69.7 Å². The summed E-state index contributed by atoms with van der Waals surface area (Å²) in [5, 5.41) is 0.183. The molecule has 3 rings (SSSR count). The Morgan fingerprint density at radius 1 is 1.10 bits per heavy atom. The molecule has 0 spiro atoms. The number of fused-ring (bicyclic) bond motifs is 1. The highest BCUT2D eigenvalue weighted by atomic mass is 35.5. The highest BCUT2D eigenvalue weighted by molar-refractivity contribution is 6.30. The Balaban J connectivity index is 2.27. The normalized spacial score (nSPS) is 10.9. The molecule has 0 fully saturated rings. The number of halogens is 3. The fourth-order valence-corrected chi connectivity index (χ4v) is 2.09. The van der Waals surface area contributed by atoms with Gasteiger partial charge in [0, 0.05) is 6.07 Å². The fourth-order valence-electron chi connectivity index (χ4n) is 1.91. The van der Waals surface area contributed by atoms with Crippen LogP contribution in [0, 0.1) is 11.6 Å². The first kappa shape index (κ1) is 12.7. The molecule has 0 N–H and O–H groups in total. The van der Waals surface area contributed by atoms with Gasteiger partial charge in [-0.05, 0) is 30.3 Å². The van der Waals surface area contributed by atoms with E-state index in [2.05, 4.69) is 4.98 Å². The standard InChI is InChI=1S/C14H7ClF2N2O/c15-11-6-9(2-4-12(11)17)19-7-18-13-5-8(16)1-3-10(13)14(19)20/h1-7H. The molecule has 0 bridgehead atoms. The van der Waals surface area contributed by atoms with E-state index < -0.39 is 11.6 Å². The van der Waals surface area contributed by atoms with E-state index >= 15 is 0 Å². The minimum atomic E-state index is -0.570. The van der Waals surface area contributed by atoms with Crippen LogP contribution >= 0.6 is 11.6 Å². The van der Waals surface area contributed by atoms with Gasteiger partial charge in [-0.15, -0.1) is 0 Å². The maximum absolute atomic E-state index is 13.1. The number of hydrogen-bond donors (Lipinski definition) is 0. The van der Waals surface area contributed by atoms with E-state index in [0.29, 0.717) is 5.69 Å². The zero-order chi connectivity index (χ0) is 14.3. The van der Waals surface area contributed by atoms with Crippen molar-refractivity contribution in [1.82, 2.24) is 9.55 Å². The molecule has 0 amide bonds. The predicted octanol–water partition coefficient (Wildman–Crippen LogP) is 3.32. The van der Waals surface area contributed by atoms with E-state index in [4.69, 9.17) is 11.6 Å². The van der Waals surface area contributed by atoms with Gasteiger partial charge in [0.05, 0.1) is 21.6 Å². The number of benzene rings is 2. The maximum Gasteiger partial charge on any atom is 0.265 e. The summed E-state index contributed by atoms with van der Waals surface area (Å²) >= 11 is 5.69. The van der Waals surface area contributed by atoms with Gasteiger partial charge in [-0.2, -0.15) is 0 Å². The Morgan fingerprint density at radius 3 is 2.65 bits per heavy atom. The minimum absolute atomic E-state index is 0.0893. The maximum atomic E-state index is 13.1. The molecule has 0 atom stereocenters. The average molecular weight is 293 g/mol. The molecule has 1 heterocycles. The van der Waals surface area contributed by atoms with Crippen LogP contribution in [0.15, 0.2) is 47.5 Å². The smallest absolute Gasteiger partial charge is 0.265 e. The van der Waals surface area contributed by atoms with E-state index in [0.717, 1.165) is 0 Å². The lowest BCUT2D eigenvalue weighted by atomic mass is 10.2. The summed E-state index contributed by atoms with van der Waals surface area (Å²) in [6.45, 7) is 0. The molecule has 0 radical (unpaired) electrons. The monoisotopic (exact) mass is 292 g/mol. The first-order valence-corrected chi connectivity index (χ1v) is 6.06. The quantitative estimate of drug-likeness (QED) is 0.689. The average Bonchev–Trinajstić information content (AvgIpc) is 2.42. The van der Waals surface area contributed by atoms with Crippen LogP contribution in [0.5, 0.6) is 0 Å². The van der Waals surface area contributed by atoms with E-state index in [1.54, 1.807) is 0 Å². The van der Waals surface area contributed by atoms with Gasteiger partial charge in [0.15, 0.2) is 0 Å². The molecule has 2 aromatic carbocycles. The summed E-state index contributed by atoms with van der Waals surface area (Å²) in [4.78, 5) is 16.3. The summed E-state index contributed by atoms with van der Waals surface area (Å²) in [6, 6.07) is 7.64. The second-order valence-corrected chi connectivity index (χ2v) is 4.59. The van der Waals surface area contributed by atoms with Crippen molar-refractivity contribution in [3.8, 4) is 5.69 Å². The third kappa shape index (κ3) is 2.06. The SMILES string of the molecule is O=c1c2ccc(F)cc2ncn1-c1ccc(F)c(Cl)c1. The van der Waals surface area contributed by atoms with Crippen molar-refractivity contribution < 1.29 is 8.78 Å². The first-order valence-electron chi connectivity index (χ1n) is 5.68. The van der Waals surface area contributed by atoms with Gasteiger partial charge in [0.1, 0.15) is 18.0 Å². The van der Waals surface area contributed by atoms with Gasteiger partial charge in [0.2, 0.25) is 0 Å². The first-order chi connectivity index (χ1) is 9.56. The molecule has 0 unspecified atom stereocenters. The Kier molecular flexibility index (Phi) is 2.99. The lowest BCUT2D eigenvalue weighted by Crippen LogP contribution is -2.18. The Bertz CT molecular complexity index is 877. The summed E-state index contributed by atoms with van der Waals surface area (Å²) in [6.07, 6.45) is 1.26. The molecule has 0 saturated heterocycles. The van der Waals surface area contributed by atoms with Crippen molar-refractivity contribution in [2.75, 3.05) is 0 Å². The van der Waals surface area contributed by atoms with Gasteiger partial charge < -0.3 is 0 Å². The molecule has 0 aliphatic carbocycles. The third-order valence-electron chi connectivity index (χ3n) is 2.90. The minimum Gasteiger partial charge on any atom is -0.268 e. The molecule has 0 saturated carbocycles. The van der Waals surface area contributed by atoms with Crippen LogP contribution in [-0.2, 0) is 0 Å². The van der Waals surface area contributed by atoms with Crippen LogP contribution < -0.4 is 5.56 Å². The van der Waals surface area contributed by atoms with E-state index in [9.17, 15) is 13.6 Å². The predicted molar refractivity (Wildman–Crippen MR) is 72.3 cm³/mol. The molecule has 3 aromatic rings. The Labute approximate surface area is 117 Å². The van der Waals surface area contributed by atoms with Crippen LogP contribution in [0.1, 0.15) is 0 Å². The Hall–Kier alpha value is -2.27. The largest absolute Gasteiger partial charge is 0.268 e.